The van der Waals surface area contributed by atoms with E-state index in [-0.39, 0.29) is 0 Å². The van der Waals surface area contributed by atoms with E-state index in [0.717, 1.165) is 70.7 Å². The standard InChI is InChI=1S/C25H25N7/c1-17-5-3-7-20-24(19-6-4-8-22-21(19)16-30(2)28-22)29-32(25(17)20)18-9-10-23(27-15-18)31-13-11-26-12-14-31/h3-10,15-16,26H,11-14H2,1-2H3. The maximum Gasteiger partial charge on any atom is 0.128 e. The molecule has 0 amide bonds. The molecule has 0 radical (unpaired) electrons. The molecule has 0 atom stereocenters. The van der Waals surface area contributed by atoms with E-state index in [2.05, 4.69) is 70.9 Å². The summed E-state index contributed by atoms with van der Waals surface area (Å²) in [6.45, 7) is 6.09. The normalized spacial score (nSPS) is 14.5. The minimum atomic E-state index is 0.966. The van der Waals surface area contributed by atoms with Crippen LogP contribution in [0.25, 0.3) is 38.8 Å². The fourth-order valence-electron chi connectivity index (χ4n) is 4.67. The molecule has 2 aromatic carbocycles. The van der Waals surface area contributed by atoms with Crippen LogP contribution in [-0.4, -0.2) is 50.7 Å². The molecule has 160 valence electrons. The fourth-order valence-corrected chi connectivity index (χ4v) is 4.67. The summed E-state index contributed by atoms with van der Waals surface area (Å²) >= 11 is 0. The first-order valence-electron chi connectivity index (χ1n) is 11.0. The van der Waals surface area contributed by atoms with Crippen LogP contribution in [-0.2, 0) is 7.05 Å². The van der Waals surface area contributed by atoms with E-state index in [1.165, 1.54) is 5.56 Å². The van der Waals surface area contributed by atoms with Gasteiger partial charge in [-0.25, -0.2) is 9.67 Å². The zero-order valence-electron chi connectivity index (χ0n) is 18.3. The number of nitrogens with one attached hydrogen (secondary N) is 1. The summed E-state index contributed by atoms with van der Waals surface area (Å²) in [5.74, 6) is 1.02. The summed E-state index contributed by atoms with van der Waals surface area (Å²) in [5, 5.41) is 15.3. The molecule has 7 nitrogen and oxygen atoms in total. The molecular weight excluding hydrogens is 398 g/mol. The molecule has 7 heteroatoms. The Hall–Kier alpha value is -3.71. The van der Waals surface area contributed by atoms with Gasteiger partial charge in [0, 0.05) is 55.8 Å². The van der Waals surface area contributed by atoms with Gasteiger partial charge in [-0.2, -0.15) is 10.2 Å². The van der Waals surface area contributed by atoms with Crippen molar-refractivity contribution in [2.24, 2.45) is 7.05 Å². The molecule has 1 N–H and O–H groups in total. The minimum absolute atomic E-state index is 0.966. The molecule has 0 spiro atoms. The summed E-state index contributed by atoms with van der Waals surface area (Å²) in [6, 6.07) is 16.8. The van der Waals surface area contributed by atoms with Crippen LogP contribution in [0.4, 0.5) is 5.82 Å². The number of rotatable bonds is 3. The third-order valence-corrected chi connectivity index (χ3v) is 6.24. The van der Waals surface area contributed by atoms with Gasteiger partial charge in [0.25, 0.3) is 0 Å². The molecule has 0 saturated carbocycles. The molecule has 6 rings (SSSR count). The zero-order chi connectivity index (χ0) is 21.7. The number of nitrogens with zero attached hydrogens (tertiary/aromatic N) is 6. The van der Waals surface area contributed by atoms with Crippen molar-refractivity contribution in [1.29, 1.82) is 0 Å². The SMILES string of the molecule is Cc1cccc2c(-c3cccc4nn(C)cc34)nn(-c3ccc(N4CCNCC4)nc3)c12. The number of benzene rings is 2. The number of piperazine rings is 1. The second-order valence-corrected chi connectivity index (χ2v) is 8.38. The van der Waals surface area contributed by atoms with Crippen molar-refractivity contribution in [3.05, 3.63) is 66.5 Å². The molecule has 1 fully saturated rings. The van der Waals surface area contributed by atoms with Gasteiger partial charge in [0.1, 0.15) is 11.5 Å². The fraction of sp³-hybridized carbons (Fsp3) is 0.240. The lowest BCUT2D eigenvalue weighted by atomic mass is 10.0. The van der Waals surface area contributed by atoms with Crippen LogP contribution < -0.4 is 10.2 Å². The third-order valence-electron chi connectivity index (χ3n) is 6.24. The lowest BCUT2D eigenvalue weighted by Gasteiger charge is -2.28. The quantitative estimate of drug-likeness (QED) is 0.480. The number of hydrogen-bond donors (Lipinski definition) is 1. The largest absolute Gasteiger partial charge is 0.354 e. The molecule has 32 heavy (non-hydrogen) atoms. The molecule has 1 aliphatic heterocycles. The number of aryl methyl sites for hydroxylation is 2. The van der Waals surface area contributed by atoms with Crippen LogP contribution in [0, 0.1) is 6.92 Å². The first-order valence-corrected chi connectivity index (χ1v) is 11.0. The van der Waals surface area contributed by atoms with Crippen LogP contribution >= 0.6 is 0 Å². The van der Waals surface area contributed by atoms with Crippen LogP contribution in [0.1, 0.15) is 5.56 Å². The Morgan fingerprint density at radius 2 is 1.75 bits per heavy atom. The van der Waals surface area contributed by atoms with E-state index in [1.807, 2.05) is 28.7 Å². The molecule has 3 aromatic heterocycles. The van der Waals surface area contributed by atoms with Crippen molar-refractivity contribution >= 4 is 27.6 Å². The highest BCUT2D eigenvalue weighted by molar-refractivity contribution is 6.03. The van der Waals surface area contributed by atoms with Crippen LogP contribution in [0.5, 0.6) is 0 Å². The Morgan fingerprint density at radius 1 is 0.906 bits per heavy atom. The predicted molar refractivity (Wildman–Crippen MR) is 128 cm³/mol. The summed E-state index contributed by atoms with van der Waals surface area (Å²) in [7, 11) is 1.95. The second kappa shape index (κ2) is 7.46. The summed E-state index contributed by atoms with van der Waals surface area (Å²) < 4.78 is 3.89. The summed E-state index contributed by atoms with van der Waals surface area (Å²) in [6.07, 6.45) is 4.00. The highest BCUT2D eigenvalue weighted by Crippen LogP contribution is 2.35. The van der Waals surface area contributed by atoms with Crippen molar-refractivity contribution in [1.82, 2.24) is 29.9 Å². The number of aromatic nitrogens is 5. The summed E-state index contributed by atoms with van der Waals surface area (Å²) in [5.41, 5.74) is 6.30. The van der Waals surface area contributed by atoms with Gasteiger partial charge in [-0.15, -0.1) is 0 Å². The smallest absolute Gasteiger partial charge is 0.128 e. The van der Waals surface area contributed by atoms with Gasteiger partial charge in [0.15, 0.2) is 0 Å². The van der Waals surface area contributed by atoms with Crippen molar-refractivity contribution in [2.75, 3.05) is 31.1 Å². The first-order chi connectivity index (χ1) is 15.7. The average Bonchev–Trinajstić information content (AvgIpc) is 3.40. The monoisotopic (exact) mass is 423 g/mol. The van der Waals surface area contributed by atoms with E-state index >= 15 is 0 Å². The van der Waals surface area contributed by atoms with Gasteiger partial charge < -0.3 is 10.2 Å². The van der Waals surface area contributed by atoms with Gasteiger partial charge in [0.05, 0.1) is 22.9 Å². The van der Waals surface area contributed by atoms with Crippen molar-refractivity contribution < 1.29 is 0 Å². The molecule has 0 unspecified atom stereocenters. The number of anilines is 1. The lowest BCUT2D eigenvalue weighted by Crippen LogP contribution is -2.43. The zero-order valence-corrected chi connectivity index (χ0v) is 18.3. The van der Waals surface area contributed by atoms with E-state index < -0.39 is 0 Å². The van der Waals surface area contributed by atoms with E-state index in [4.69, 9.17) is 10.1 Å². The number of para-hydroxylation sites is 1. The first kappa shape index (κ1) is 19.0. The Balaban J connectivity index is 1.51. The third kappa shape index (κ3) is 3.05. The molecule has 1 saturated heterocycles. The maximum absolute atomic E-state index is 5.11. The molecule has 0 aliphatic carbocycles. The Kier molecular flexibility index (Phi) is 4.43. The van der Waals surface area contributed by atoms with Crippen molar-refractivity contribution in [3.63, 3.8) is 0 Å². The van der Waals surface area contributed by atoms with Crippen LogP contribution in [0.2, 0.25) is 0 Å². The van der Waals surface area contributed by atoms with Gasteiger partial charge in [0.2, 0.25) is 0 Å². The van der Waals surface area contributed by atoms with E-state index in [1.54, 1.807) is 0 Å². The highest BCUT2D eigenvalue weighted by atomic mass is 15.3. The average molecular weight is 424 g/mol. The molecule has 4 heterocycles. The minimum Gasteiger partial charge on any atom is -0.354 e. The van der Waals surface area contributed by atoms with Gasteiger partial charge in [-0.3, -0.25) is 4.68 Å². The summed E-state index contributed by atoms with van der Waals surface area (Å²) in [4.78, 5) is 7.10. The maximum atomic E-state index is 5.11. The van der Waals surface area contributed by atoms with Gasteiger partial charge >= 0.3 is 0 Å². The van der Waals surface area contributed by atoms with Crippen LogP contribution in [0.15, 0.2) is 60.9 Å². The number of fused-ring (bicyclic) bond motifs is 2. The molecular formula is C25H25N7. The van der Waals surface area contributed by atoms with Crippen molar-refractivity contribution in [3.8, 4) is 16.9 Å². The lowest BCUT2D eigenvalue weighted by molar-refractivity contribution is 0.585. The number of hydrogen-bond acceptors (Lipinski definition) is 5. The Morgan fingerprint density at radius 3 is 2.56 bits per heavy atom. The second-order valence-electron chi connectivity index (χ2n) is 8.38. The Bertz CT molecular complexity index is 1420. The topological polar surface area (TPSA) is 63.8 Å². The van der Waals surface area contributed by atoms with Gasteiger partial charge in [-0.05, 0) is 30.7 Å². The van der Waals surface area contributed by atoms with Crippen molar-refractivity contribution in [2.45, 2.75) is 6.92 Å². The molecule has 1 aliphatic rings. The van der Waals surface area contributed by atoms with Crippen LogP contribution in [0.3, 0.4) is 0 Å². The predicted octanol–water partition coefficient (Wildman–Crippen LogP) is 3.69. The van der Waals surface area contributed by atoms with E-state index in [0.29, 0.717) is 0 Å². The molecule has 5 aromatic rings. The van der Waals surface area contributed by atoms with E-state index in [9.17, 15) is 0 Å². The van der Waals surface area contributed by atoms with Gasteiger partial charge in [-0.1, -0.05) is 30.3 Å². The highest BCUT2D eigenvalue weighted by Gasteiger charge is 2.18. The molecule has 0 bridgehead atoms. The number of pyridine rings is 1. The Labute approximate surface area is 186 Å².